The Morgan fingerprint density at radius 1 is 1.24 bits per heavy atom. The standard InChI is InChI=1S/C15H24ClN5/c1-6-21-14(15(16)12(5)19-21)9-20-8-13(11(4)18-20)7-17-10(2)3/h8,10,17H,6-7,9H2,1-5H3. The van der Waals surface area contributed by atoms with E-state index in [1.165, 1.54) is 5.56 Å². The molecule has 1 N–H and O–H groups in total. The lowest BCUT2D eigenvalue weighted by atomic mass is 10.2. The zero-order chi connectivity index (χ0) is 15.6. The van der Waals surface area contributed by atoms with Crippen molar-refractivity contribution in [1.82, 2.24) is 24.9 Å². The number of nitrogens with zero attached hydrogens (tertiary/aromatic N) is 4. The first-order valence-corrected chi connectivity index (χ1v) is 7.78. The molecule has 0 aliphatic carbocycles. The highest BCUT2D eigenvalue weighted by molar-refractivity contribution is 6.31. The topological polar surface area (TPSA) is 47.7 Å². The van der Waals surface area contributed by atoms with Crippen molar-refractivity contribution < 1.29 is 0 Å². The lowest BCUT2D eigenvalue weighted by Crippen LogP contribution is -2.21. The Morgan fingerprint density at radius 3 is 2.57 bits per heavy atom. The molecule has 2 aromatic heterocycles. The molecule has 2 aromatic rings. The highest BCUT2D eigenvalue weighted by Crippen LogP contribution is 2.21. The van der Waals surface area contributed by atoms with E-state index in [0.717, 1.165) is 35.2 Å². The third-order valence-corrected chi connectivity index (χ3v) is 4.01. The van der Waals surface area contributed by atoms with Crippen molar-refractivity contribution in [3.05, 3.63) is 33.9 Å². The van der Waals surface area contributed by atoms with Gasteiger partial charge < -0.3 is 5.32 Å². The smallest absolute Gasteiger partial charge is 0.0866 e. The first-order chi connectivity index (χ1) is 9.92. The van der Waals surface area contributed by atoms with Gasteiger partial charge in [0, 0.05) is 30.9 Å². The zero-order valence-corrected chi connectivity index (χ0v) is 14.2. The largest absolute Gasteiger partial charge is 0.310 e. The van der Waals surface area contributed by atoms with Gasteiger partial charge in [-0.3, -0.25) is 9.36 Å². The van der Waals surface area contributed by atoms with Crippen LogP contribution in [0, 0.1) is 13.8 Å². The Morgan fingerprint density at radius 2 is 1.95 bits per heavy atom. The summed E-state index contributed by atoms with van der Waals surface area (Å²) in [6.45, 7) is 12.6. The van der Waals surface area contributed by atoms with E-state index in [2.05, 4.69) is 42.5 Å². The second kappa shape index (κ2) is 6.62. The number of hydrogen-bond acceptors (Lipinski definition) is 3. The molecule has 0 unspecified atom stereocenters. The van der Waals surface area contributed by atoms with E-state index in [0.29, 0.717) is 12.6 Å². The quantitative estimate of drug-likeness (QED) is 0.892. The third kappa shape index (κ3) is 3.66. The summed E-state index contributed by atoms with van der Waals surface area (Å²) < 4.78 is 3.89. The van der Waals surface area contributed by atoms with Crippen molar-refractivity contribution in [2.75, 3.05) is 0 Å². The fraction of sp³-hybridized carbons (Fsp3) is 0.600. The molecule has 0 aliphatic rings. The SMILES string of the molecule is CCn1nc(C)c(Cl)c1Cn1cc(CNC(C)C)c(C)n1. The predicted molar refractivity (Wildman–Crippen MR) is 85.7 cm³/mol. The van der Waals surface area contributed by atoms with Crippen molar-refractivity contribution in [1.29, 1.82) is 0 Å². The van der Waals surface area contributed by atoms with Gasteiger partial charge in [0.05, 0.1) is 28.6 Å². The molecule has 0 saturated heterocycles. The lowest BCUT2D eigenvalue weighted by molar-refractivity contribution is 0.572. The molecule has 0 spiro atoms. The first-order valence-electron chi connectivity index (χ1n) is 7.40. The van der Waals surface area contributed by atoms with Crippen LogP contribution >= 0.6 is 11.6 Å². The Labute approximate surface area is 131 Å². The molecule has 5 nitrogen and oxygen atoms in total. The molecule has 0 fully saturated rings. The summed E-state index contributed by atoms with van der Waals surface area (Å²) in [6, 6.07) is 0.464. The summed E-state index contributed by atoms with van der Waals surface area (Å²) in [5, 5.41) is 13.2. The van der Waals surface area contributed by atoms with E-state index in [1.54, 1.807) is 0 Å². The minimum Gasteiger partial charge on any atom is -0.310 e. The van der Waals surface area contributed by atoms with Crippen molar-refractivity contribution in [3.63, 3.8) is 0 Å². The van der Waals surface area contributed by atoms with Crippen LogP contribution in [0.15, 0.2) is 6.20 Å². The minimum absolute atomic E-state index is 0.464. The van der Waals surface area contributed by atoms with Crippen LogP contribution in [-0.2, 0) is 19.6 Å². The van der Waals surface area contributed by atoms with Gasteiger partial charge in [-0.25, -0.2) is 0 Å². The highest BCUT2D eigenvalue weighted by atomic mass is 35.5. The van der Waals surface area contributed by atoms with E-state index in [-0.39, 0.29) is 0 Å². The van der Waals surface area contributed by atoms with Gasteiger partial charge in [0.2, 0.25) is 0 Å². The maximum absolute atomic E-state index is 6.36. The summed E-state index contributed by atoms with van der Waals surface area (Å²) in [4.78, 5) is 0. The van der Waals surface area contributed by atoms with Crippen LogP contribution in [0.1, 0.15) is 43.4 Å². The fourth-order valence-corrected chi connectivity index (χ4v) is 2.50. The molecule has 0 atom stereocenters. The molecule has 0 radical (unpaired) electrons. The fourth-order valence-electron chi connectivity index (χ4n) is 2.30. The Bertz CT molecular complexity index is 612. The van der Waals surface area contributed by atoms with Crippen LogP contribution < -0.4 is 5.32 Å². The predicted octanol–water partition coefficient (Wildman–Crippen LogP) is 2.92. The van der Waals surface area contributed by atoms with Crippen molar-refractivity contribution in [3.8, 4) is 0 Å². The average molecular weight is 310 g/mol. The first kappa shape index (κ1) is 16.0. The van der Waals surface area contributed by atoms with Crippen molar-refractivity contribution >= 4 is 11.6 Å². The van der Waals surface area contributed by atoms with Crippen molar-refractivity contribution in [2.45, 2.75) is 60.3 Å². The van der Waals surface area contributed by atoms with Crippen LogP contribution in [0.25, 0.3) is 0 Å². The number of nitrogens with one attached hydrogen (secondary N) is 1. The van der Waals surface area contributed by atoms with Crippen LogP contribution in [0.5, 0.6) is 0 Å². The third-order valence-electron chi connectivity index (χ3n) is 3.51. The molecule has 21 heavy (non-hydrogen) atoms. The molecule has 0 aromatic carbocycles. The van der Waals surface area contributed by atoms with Crippen molar-refractivity contribution in [2.24, 2.45) is 0 Å². The van der Waals surface area contributed by atoms with Gasteiger partial charge in [0.1, 0.15) is 0 Å². The molecular formula is C15H24ClN5. The maximum Gasteiger partial charge on any atom is 0.0866 e. The summed E-state index contributed by atoms with van der Waals surface area (Å²) in [5.41, 5.74) is 4.17. The summed E-state index contributed by atoms with van der Waals surface area (Å²) in [6.07, 6.45) is 2.09. The lowest BCUT2D eigenvalue weighted by Gasteiger charge is -2.06. The van der Waals surface area contributed by atoms with E-state index in [4.69, 9.17) is 11.6 Å². The summed E-state index contributed by atoms with van der Waals surface area (Å²) in [7, 11) is 0. The molecule has 116 valence electrons. The number of aromatic nitrogens is 4. The average Bonchev–Trinajstić information content (AvgIpc) is 2.91. The minimum atomic E-state index is 0.464. The van der Waals surface area contributed by atoms with E-state index in [9.17, 15) is 0 Å². The molecule has 6 heteroatoms. The number of hydrogen-bond donors (Lipinski definition) is 1. The monoisotopic (exact) mass is 309 g/mol. The number of halogens is 1. The van der Waals surface area contributed by atoms with E-state index < -0.39 is 0 Å². The van der Waals surface area contributed by atoms with Crippen LogP contribution in [0.4, 0.5) is 0 Å². The molecule has 2 heterocycles. The zero-order valence-electron chi connectivity index (χ0n) is 13.4. The van der Waals surface area contributed by atoms with E-state index in [1.807, 2.05) is 23.2 Å². The van der Waals surface area contributed by atoms with Gasteiger partial charge in [0.25, 0.3) is 0 Å². The van der Waals surface area contributed by atoms with Gasteiger partial charge in [-0.05, 0) is 20.8 Å². The summed E-state index contributed by atoms with van der Waals surface area (Å²) >= 11 is 6.36. The molecular weight excluding hydrogens is 286 g/mol. The molecule has 2 rings (SSSR count). The Kier molecular flexibility index (Phi) is 5.06. The Balaban J connectivity index is 2.19. The number of aryl methyl sites for hydroxylation is 3. The van der Waals surface area contributed by atoms with E-state index >= 15 is 0 Å². The van der Waals surface area contributed by atoms with Gasteiger partial charge in [-0.2, -0.15) is 10.2 Å². The molecule has 0 aliphatic heterocycles. The van der Waals surface area contributed by atoms with Gasteiger partial charge in [-0.1, -0.05) is 25.4 Å². The number of rotatable bonds is 6. The van der Waals surface area contributed by atoms with Gasteiger partial charge in [0.15, 0.2) is 0 Å². The molecule has 0 bridgehead atoms. The maximum atomic E-state index is 6.36. The van der Waals surface area contributed by atoms with Crippen LogP contribution in [0.2, 0.25) is 5.02 Å². The van der Waals surface area contributed by atoms with Gasteiger partial charge >= 0.3 is 0 Å². The molecule has 0 saturated carbocycles. The normalized spacial score (nSPS) is 11.6. The molecule has 0 amide bonds. The van der Waals surface area contributed by atoms with Gasteiger partial charge in [-0.15, -0.1) is 0 Å². The summed E-state index contributed by atoms with van der Waals surface area (Å²) in [5.74, 6) is 0. The second-order valence-electron chi connectivity index (χ2n) is 5.63. The Hall–Kier alpha value is -1.33. The second-order valence-corrected chi connectivity index (χ2v) is 6.01. The van der Waals surface area contributed by atoms with Crippen LogP contribution in [0.3, 0.4) is 0 Å². The highest BCUT2D eigenvalue weighted by Gasteiger charge is 2.14. The van der Waals surface area contributed by atoms with Crippen LogP contribution in [-0.4, -0.2) is 25.6 Å².